The van der Waals surface area contributed by atoms with E-state index in [4.69, 9.17) is 0 Å². The SMILES string of the molecule is CCCCCCCCCCCCCCc1csc(C)n1. The molecule has 0 amide bonds. The van der Waals surface area contributed by atoms with Crippen LogP contribution >= 0.6 is 11.3 Å². The third-order valence-corrected chi connectivity index (χ3v) is 4.78. The van der Waals surface area contributed by atoms with Crippen LogP contribution in [-0.2, 0) is 6.42 Å². The quantitative estimate of drug-likeness (QED) is 0.369. The molecule has 0 fully saturated rings. The lowest BCUT2D eigenvalue weighted by Crippen LogP contribution is -1.87. The number of nitrogens with zero attached hydrogens (tertiary/aromatic N) is 1. The van der Waals surface area contributed by atoms with Gasteiger partial charge in [-0.2, -0.15) is 0 Å². The van der Waals surface area contributed by atoms with E-state index in [1.165, 1.54) is 94.2 Å². The Kier molecular flexibility index (Phi) is 10.9. The second-order valence-electron chi connectivity index (χ2n) is 6.00. The Morgan fingerprint density at radius 3 is 1.75 bits per heavy atom. The minimum absolute atomic E-state index is 1.18. The van der Waals surface area contributed by atoms with Crippen molar-refractivity contribution >= 4 is 11.3 Å². The van der Waals surface area contributed by atoms with Gasteiger partial charge < -0.3 is 0 Å². The molecular weight excluding hydrogens is 262 g/mol. The molecule has 2 heteroatoms. The van der Waals surface area contributed by atoms with Crippen molar-refractivity contribution in [3.05, 3.63) is 16.1 Å². The fourth-order valence-electron chi connectivity index (χ4n) is 2.67. The molecule has 0 saturated heterocycles. The zero-order valence-electron chi connectivity index (χ0n) is 13.6. The summed E-state index contributed by atoms with van der Waals surface area (Å²) in [6, 6.07) is 0. The molecule has 1 aromatic rings. The van der Waals surface area contributed by atoms with E-state index in [0.717, 1.165) is 0 Å². The summed E-state index contributed by atoms with van der Waals surface area (Å²) >= 11 is 1.78. The van der Waals surface area contributed by atoms with E-state index in [9.17, 15) is 0 Å². The first-order valence-corrected chi connectivity index (χ1v) is 9.62. The molecule has 1 rings (SSSR count). The van der Waals surface area contributed by atoms with Gasteiger partial charge in [0.05, 0.1) is 10.7 Å². The summed E-state index contributed by atoms with van der Waals surface area (Å²) in [6.45, 7) is 4.38. The van der Waals surface area contributed by atoms with Gasteiger partial charge in [0.1, 0.15) is 0 Å². The van der Waals surface area contributed by atoms with Crippen molar-refractivity contribution in [3.8, 4) is 0 Å². The van der Waals surface area contributed by atoms with Gasteiger partial charge >= 0.3 is 0 Å². The monoisotopic (exact) mass is 295 g/mol. The molecule has 0 spiro atoms. The number of hydrogen-bond acceptors (Lipinski definition) is 2. The summed E-state index contributed by atoms with van der Waals surface area (Å²) in [6.07, 6.45) is 18.3. The Balaban J connectivity index is 1.76. The lowest BCUT2D eigenvalue weighted by atomic mass is 10.0. The molecule has 0 aliphatic rings. The average Bonchev–Trinajstić information content (AvgIpc) is 2.86. The lowest BCUT2D eigenvalue weighted by Gasteiger charge is -2.02. The third kappa shape index (κ3) is 9.52. The first kappa shape index (κ1) is 17.7. The van der Waals surface area contributed by atoms with E-state index in [-0.39, 0.29) is 0 Å². The molecule has 0 saturated carbocycles. The highest BCUT2D eigenvalue weighted by molar-refractivity contribution is 7.09. The zero-order valence-corrected chi connectivity index (χ0v) is 14.4. The highest BCUT2D eigenvalue weighted by atomic mass is 32.1. The highest BCUT2D eigenvalue weighted by Gasteiger charge is 1.98. The van der Waals surface area contributed by atoms with E-state index in [0.29, 0.717) is 0 Å². The van der Waals surface area contributed by atoms with Gasteiger partial charge in [-0.05, 0) is 19.8 Å². The van der Waals surface area contributed by atoms with E-state index in [2.05, 4.69) is 24.2 Å². The van der Waals surface area contributed by atoms with Crippen LogP contribution in [0.3, 0.4) is 0 Å². The molecule has 0 unspecified atom stereocenters. The number of unbranched alkanes of at least 4 members (excludes halogenated alkanes) is 11. The van der Waals surface area contributed by atoms with Gasteiger partial charge in [0, 0.05) is 5.38 Å². The number of thiazole rings is 1. The van der Waals surface area contributed by atoms with Crippen LogP contribution in [0.1, 0.15) is 94.7 Å². The Morgan fingerprint density at radius 2 is 1.30 bits per heavy atom. The normalized spacial score (nSPS) is 11.1. The van der Waals surface area contributed by atoms with Crippen LogP contribution in [0.15, 0.2) is 5.38 Å². The van der Waals surface area contributed by atoms with Gasteiger partial charge in [0.15, 0.2) is 0 Å². The summed E-state index contributed by atoms with van der Waals surface area (Å²) in [5, 5.41) is 3.42. The predicted molar refractivity (Wildman–Crippen MR) is 91.6 cm³/mol. The number of rotatable bonds is 13. The van der Waals surface area contributed by atoms with Crippen molar-refractivity contribution in [2.24, 2.45) is 0 Å². The molecule has 0 atom stereocenters. The van der Waals surface area contributed by atoms with E-state index >= 15 is 0 Å². The summed E-state index contributed by atoms with van der Waals surface area (Å²) in [5.41, 5.74) is 1.31. The second kappa shape index (κ2) is 12.4. The third-order valence-electron chi connectivity index (χ3n) is 3.95. The van der Waals surface area contributed by atoms with E-state index in [1.807, 2.05) is 0 Å². The number of aromatic nitrogens is 1. The fourth-order valence-corrected chi connectivity index (χ4v) is 3.32. The van der Waals surface area contributed by atoms with Crippen molar-refractivity contribution < 1.29 is 0 Å². The molecule has 0 bridgehead atoms. The molecule has 0 radical (unpaired) electrons. The van der Waals surface area contributed by atoms with Gasteiger partial charge in [-0.25, -0.2) is 4.98 Å². The zero-order chi connectivity index (χ0) is 14.5. The lowest BCUT2D eigenvalue weighted by molar-refractivity contribution is 0.543. The maximum absolute atomic E-state index is 4.52. The molecule has 0 aromatic carbocycles. The number of aryl methyl sites for hydroxylation is 2. The second-order valence-corrected chi connectivity index (χ2v) is 7.06. The van der Waals surface area contributed by atoms with Crippen LogP contribution in [0.25, 0.3) is 0 Å². The van der Waals surface area contributed by atoms with Crippen molar-refractivity contribution in [2.45, 2.75) is 97.3 Å². The van der Waals surface area contributed by atoms with E-state index < -0.39 is 0 Å². The van der Waals surface area contributed by atoms with Gasteiger partial charge in [0.2, 0.25) is 0 Å². The Labute approximate surface area is 130 Å². The average molecular weight is 296 g/mol. The first-order valence-electron chi connectivity index (χ1n) is 8.74. The summed E-state index contributed by atoms with van der Waals surface area (Å²) in [7, 11) is 0. The van der Waals surface area contributed by atoms with Crippen LogP contribution in [-0.4, -0.2) is 4.98 Å². The van der Waals surface area contributed by atoms with Crippen molar-refractivity contribution in [1.29, 1.82) is 0 Å². The van der Waals surface area contributed by atoms with Gasteiger partial charge in [-0.1, -0.05) is 77.6 Å². The molecule has 1 heterocycles. The molecule has 1 aromatic heterocycles. The van der Waals surface area contributed by atoms with Crippen molar-refractivity contribution in [3.63, 3.8) is 0 Å². The molecule has 0 aliphatic carbocycles. The van der Waals surface area contributed by atoms with Gasteiger partial charge in [-0.3, -0.25) is 0 Å². The minimum atomic E-state index is 1.18. The minimum Gasteiger partial charge on any atom is -0.247 e. The topological polar surface area (TPSA) is 12.9 Å². The summed E-state index contributed by atoms with van der Waals surface area (Å²) < 4.78 is 0. The highest BCUT2D eigenvalue weighted by Crippen LogP contribution is 2.14. The molecular formula is C18H33NS. The Hall–Kier alpha value is -0.370. The van der Waals surface area contributed by atoms with Gasteiger partial charge in [-0.15, -0.1) is 11.3 Å². The molecule has 1 nitrogen and oxygen atoms in total. The smallest absolute Gasteiger partial charge is 0.0897 e. The fraction of sp³-hybridized carbons (Fsp3) is 0.833. The van der Waals surface area contributed by atoms with Crippen LogP contribution < -0.4 is 0 Å². The van der Waals surface area contributed by atoms with Crippen LogP contribution in [0.5, 0.6) is 0 Å². The van der Waals surface area contributed by atoms with Crippen LogP contribution in [0.2, 0.25) is 0 Å². The largest absolute Gasteiger partial charge is 0.247 e. The molecule has 0 N–H and O–H groups in total. The summed E-state index contributed by atoms with van der Waals surface area (Å²) in [5.74, 6) is 0. The molecule has 0 aliphatic heterocycles. The predicted octanol–water partition coefficient (Wildman–Crippen LogP) is 6.70. The molecule has 20 heavy (non-hydrogen) atoms. The summed E-state index contributed by atoms with van der Waals surface area (Å²) in [4.78, 5) is 4.52. The first-order chi connectivity index (χ1) is 9.83. The molecule has 116 valence electrons. The van der Waals surface area contributed by atoms with Crippen LogP contribution in [0, 0.1) is 6.92 Å². The standard InChI is InChI=1S/C18H33NS/c1-3-4-5-6-7-8-9-10-11-12-13-14-15-18-16-20-17(2)19-18/h16H,3-15H2,1-2H3. The Morgan fingerprint density at radius 1 is 0.800 bits per heavy atom. The van der Waals surface area contributed by atoms with Crippen molar-refractivity contribution in [2.75, 3.05) is 0 Å². The van der Waals surface area contributed by atoms with Crippen molar-refractivity contribution in [1.82, 2.24) is 4.98 Å². The van der Waals surface area contributed by atoms with Crippen LogP contribution in [0.4, 0.5) is 0 Å². The maximum Gasteiger partial charge on any atom is 0.0897 e. The number of hydrogen-bond donors (Lipinski definition) is 0. The Bertz CT molecular complexity index is 319. The van der Waals surface area contributed by atoms with Gasteiger partial charge in [0.25, 0.3) is 0 Å². The maximum atomic E-state index is 4.52. The van der Waals surface area contributed by atoms with E-state index in [1.54, 1.807) is 11.3 Å².